The van der Waals surface area contributed by atoms with Crippen LogP contribution < -0.4 is 10.1 Å². The van der Waals surface area contributed by atoms with Crippen molar-refractivity contribution in [3.05, 3.63) is 28.2 Å². The summed E-state index contributed by atoms with van der Waals surface area (Å²) in [4.78, 5) is 11.4. The smallest absolute Gasteiger partial charge is 0.407 e. The van der Waals surface area contributed by atoms with Crippen molar-refractivity contribution < 1.29 is 14.3 Å². The van der Waals surface area contributed by atoms with Crippen LogP contribution in [0.15, 0.2) is 22.7 Å². The molecule has 0 atom stereocenters. The molecule has 0 fully saturated rings. The number of nitriles is 1. The van der Waals surface area contributed by atoms with Crippen LogP contribution in [-0.4, -0.2) is 24.8 Å². The molecule has 0 saturated heterocycles. The second kappa shape index (κ2) is 7.15. The predicted molar refractivity (Wildman–Crippen MR) is 78.6 cm³/mol. The van der Waals surface area contributed by atoms with Gasteiger partial charge in [-0.15, -0.1) is 0 Å². The number of ether oxygens (including phenoxy) is 2. The van der Waals surface area contributed by atoms with E-state index in [1.807, 2.05) is 6.07 Å². The number of carbonyl (C=O) groups is 1. The van der Waals surface area contributed by atoms with E-state index in [1.165, 1.54) is 0 Å². The second-order valence-electron chi connectivity index (χ2n) is 5.03. The molecule has 0 heterocycles. The summed E-state index contributed by atoms with van der Waals surface area (Å²) in [5, 5.41) is 11.3. The van der Waals surface area contributed by atoms with E-state index in [1.54, 1.807) is 39.0 Å². The molecule has 0 aliphatic heterocycles. The van der Waals surface area contributed by atoms with E-state index in [4.69, 9.17) is 14.7 Å². The van der Waals surface area contributed by atoms with Gasteiger partial charge < -0.3 is 14.8 Å². The van der Waals surface area contributed by atoms with Crippen LogP contribution in [0.4, 0.5) is 4.79 Å². The molecule has 0 aliphatic rings. The van der Waals surface area contributed by atoms with Gasteiger partial charge in [0.1, 0.15) is 18.0 Å². The number of nitrogens with zero attached hydrogens (tertiary/aromatic N) is 1. The van der Waals surface area contributed by atoms with Gasteiger partial charge in [0.2, 0.25) is 0 Å². The lowest BCUT2D eigenvalue weighted by molar-refractivity contribution is 0.0520. The Morgan fingerprint density at radius 1 is 1.45 bits per heavy atom. The van der Waals surface area contributed by atoms with Gasteiger partial charge in [-0.05, 0) is 54.9 Å². The molecule has 0 saturated carbocycles. The van der Waals surface area contributed by atoms with Gasteiger partial charge >= 0.3 is 6.09 Å². The van der Waals surface area contributed by atoms with Gasteiger partial charge in [-0.25, -0.2) is 4.79 Å². The van der Waals surface area contributed by atoms with Crippen molar-refractivity contribution in [2.45, 2.75) is 26.4 Å². The predicted octanol–water partition coefficient (Wildman–Crippen LogP) is 3.22. The van der Waals surface area contributed by atoms with Crippen molar-refractivity contribution in [1.82, 2.24) is 5.32 Å². The fraction of sp³-hybridized carbons (Fsp3) is 0.429. The van der Waals surface area contributed by atoms with Crippen molar-refractivity contribution in [1.29, 1.82) is 5.26 Å². The van der Waals surface area contributed by atoms with E-state index in [-0.39, 0.29) is 0 Å². The number of halogens is 1. The molecule has 0 radical (unpaired) electrons. The summed E-state index contributed by atoms with van der Waals surface area (Å²) in [6, 6.07) is 7.09. The molecule has 1 amide bonds. The number of hydrogen-bond acceptors (Lipinski definition) is 4. The van der Waals surface area contributed by atoms with Crippen LogP contribution in [0.5, 0.6) is 5.75 Å². The first kappa shape index (κ1) is 16.3. The zero-order valence-electron chi connectivity index (χ0n) is 11.7. The minimum absolute atomic E-state index is 0.309. The molecule has 20 heavy (non-hydrogen) atoms. The van der Waals surface area contributed by atoms with Gasteiger partial charge in [0.25, 0.3) is 0 Å². The second-order valence-corrected chi connectivity index (χ2v) is 5.89. The highest BCUT2D eigenvalue weighted by molar-refractivity contribution is 9.10. The molecule has 1 N–H and O–H groups in total. The molecule has 5 nitrogen and oxygen atoms in total. The standard InChI is InChI=1S/C14H17BrN2O3/c1-14(2,3)20-13(18)17-6-7-19-12-5-4-10(9-16)8-11(12)15/h4-5,8H,6-7H2,1-3H3,(H,17,18). The van der Waals surface area contributed by atoms with Gasteiger partial charge in [-0.2, -0.15) is 5.26 Å². The Hall–Kier alpha value is -1.74. The summed E-state index contributed by atoms with van der Waals surface area (Å²) in [5.41, 5.74) is 0.0391. The van der Waals surface area contributed by atoms with Crippen molar-refractivity contribution >= 4 is 22.0 Å². The Labute approximate surface area is 127 Å². The van der Waals surface area contributed by atoms with E-state index in [0.717, 1.165) is 0 Å². The van der Waals surface area contributed by atoms with Crippen LogP contribution >= 0.6 is 15.9 Å². The van der Waals surface area contributed by atoms with Crippen LogP contribution in [0.25, 0.3) is 0 Å². The maximum Gasteiger partial charge on any atom is 0.407 e. The lowest BCUT2D eigenvalue weighted by Gasteiger charge is -2.19. The van der Waals surface area contributed by atoms with Crippen LogP contribution in [-0.2, 0) is 4.74 Å². The largest absolute Gasteiger partial charge is 0.491 e. The molecule has 1 aromatic carbocycles. The molecular formula is C14H17BrN2O3. The quantitative estimate of drug-likeness (QED) is 0.854. The zero-order valence-corrected chi connectivity index (χ0v) is 13.3. The maximum atomic E-state index is 11.4. The average molecular weight is 341 g/mol. The van der Waals surface area contributed by atoms with E-state index < -0.39 is 11.7 Å². The number of benzene rings is 1. The number of alkyl carbamates (subject to hydrolysis) is 1. The first-order valence-electron chi connectivity index (χ1n) is 6.11. The first-order valence-corrected chi connectivity index (χ1v) is 6.90. The summed E-state index contributed by atoms with van der Waals surface area (Å²) in [6.07, 6.45) is -0.472. The molecular weight excluding hydrogens is 324 g/mol. The Balaban J connectivity index is 2.35. The Kier molecular flexibility index (Phi) is 5.83. The highest BCUT2D eigenvalue weighted by atomic mass is 79.9. The fourth-order valence-electron chi connectivity index (χ4n) is 1.32. The van der Waals surface area contributed by atoms with Crippen LogP contribution in [0, 0.1) is 11.3 Å². The minimum atomic E-state index is -0.513. The first-order chi connectivity index (χ1) is 9.31. The van der Waals surface area contributed by atoms with Crippen molar-refractivity contribution in [3.8, 4) is 11.8 Å². The monoisotopic (exact) mass is 340 g/mol. The molecule has 0 aromatic heterocycles. The lowest BCUT2D eigenvalue weighted by Crippen LogP contribution is -2.34. The highest BCUT2D eigenvalue weighted by Gasteiger charge is 2.15. The normalized spacial score (nSPS) is 10.6. The van der Waals surface area contributed by atoms with E-state index in [2.05, 4.69) is 21.2 Å². The topological polar surface area (TPSA) is 71.3 Å². The maximum absolute atomic E-state index is 11.4. The zero-order chi connectivity index (χ0) is 15.2. The summed E-state index contributed by atoms with van der Waals surface area (Å²) in [7, 11) is 0. The molecule has 0 aliphatic carbocycles. The minimum Gasteiger partial charge on any atom is -0.491 e. The SMILES string of the molecule is CC(C)(C)OC(=O)NCCOc1ccc(C#N)cc1Br. The van der Waals surface area contributed by atoms with E-state index in [9.17, 15) is 4.79 Å². The number of carbonyl (C=O) groups excluding carboxylic acids is 1. The molecule has 1 rings (SSSR count). The fourth-order valence-corrected chi connectivity index (χ4v) is 1.81. The molecule has 0 spiro atoms. The van der Waals surface area contributed by atoms with Gasteiger partial charge in [0, 0.05) is 0 Å². The third-order valence-corrected chi connectivity index (χ3v) is 2.71. The van der Waals surface area contributed by atoms with Gasteiger partial charge in [-0.1, -0.05) is 0 Å². The number of nitrogens with one attached hydrogen (secondary N) is 1. The highest BCUT2D eigenvalue weighted by Crippen LogP contribution is 2.25. The Morgan fingerprint density at radius 3 is 2.70 bits per heavy atom. The van der Waals surface area contributed by atoms with Crippen molar-refractivity contribution in [2.75, 3.05) is 13.2 Å². The molecule has 6 heteroatoms. The number of amides is 1. The Morgan fingerprint density at radius 2 is 2.15 bits per heavy atom. The van der Waals surface area contributed by atoms with Crippen LogP contribution in [0.1, 0.15) is 26.3 Å². The summed E-state index contributed by atoms with van der Waals surface area (Å²) >= 11 is 3.32. The van der Waals surface area contributed by atoms with E-state index in [0.29, 0.717) is 28.9 Å². The molecule has 1 aromatic rings. The van der Waals surface area contributed by atoms with Gasteiger partial charge in [-0.3, -0.25) is 0 Å². The van der Waals surface area contributed by atoms with E-state index >= 15 is 0 Å². The average Bonchev–Trinajstić information content (AvgIpc) is 2.33. The third-order valence-electron chi connectivity index (χ3n) is 2.09. The van der Waals surface area contributed by atoms with Crippen LogP contribution in [0.3, 0.4) is 0 Å². The summed E-state index contributed by atoms with van der Waals surface area (Å²) in [5.74, 6) is 0.620. The number of rotatable bonds is 4. The van der Waals surface area contributed by atoms with Crippen LogP contribution in [0.2, 0.25) is 0 Å². The van der Waals surface area contributed by atoms with Gasteiger partial charge in [0.15, 0.2) is 0 Å². The summed E-state index contributed by atoms with van der Waals surface area (Å²) < 4.78 is 11.3. The van der Waals surface area contributed by atoms with Crippen molar-refractivity contribution in [3.63, 3.8) is 0 Å². The molecule has 108 valence electrons. The molecule has 0 unspecified atom stereocenters. The Bertz CT molecular complexity index is 518. The van der Waals surface area contributed by atoms with Crippen molar-refractivity contribution in [2.24, 2.45) is 0 Å². The third kappa shape index (κ3) is 5.93. The van der Waals surface area contributed by atoms with Gasteiger partial charge in [0.05, 0.1) is 22.7 Å². The summed E-state index contributed by atoms with van der Waals surface area (Å²) in [6.45, 7) is 6.05. The lowest BCUT2D eigenvalue weighted by atomic mass is 10.2. The number of hydrogen-bond donors (Lipinski definition) is 1. The molecule has 0 bridgehead atoms.